The number of amides is 3. The number of halogens is 1. The van der Waals surface area contributed by atoms with E-state index >= 15 is 0 Å². The van der Waals surface area contributed by atoms with Crippen molar-refractivity contribution >= 4 is 22.0 Å². The van der Waals surface area contributed by atoms with Gasteiger partial charge >= 0.3 is 6.03 Å². The molecule has 1 aromatic rings. The number of sulfonamides is 1. The lowest BCUT2D eigenvalue weighted by Crippen LogP contribution is -2.52. The van der Waals surface area contributed by atoms with Crippen molar-refractivity contribution in [3.63, 3.8) is 0 Å². The second-order valence-corrected chi connectivity index (χ2v) is 8.84. The molecule has 2 heterocycles. The lowest BCUT2D eigenvalue weighted by Gasteiger charge is -2.35. The molecule has 3 rings (SSSR count). The zero-order chi connectivity index (χ0) is 19.1. The highest BCUT2D eigenvalue weighted by Crippen LogP contribution is 2.20. The summed E-state index contributed by atoms with van der Waals surface area (Å²) in [5.74, 6) is -0.797. The van der Waals surface area contributed by atoms with Crippen LogP contribution in [0.1, 0.15) is 13.8 Å². The van der Waals surface area contributed by atoms with Gasteiger partial charge in [-0.15, -0.1) is 0 Å². The van der Waals surface area contributed by atoms with Gasteiger partial charge < -0.3 is 5.32 Å². The molecule has 0 unspecified atom stereocenters. The number of urea groups is 1. The van der Waals surface area contributed by atoms with Crippen molar-refractivity contribution in [2.75, 3.05) is 32.8 Å². The van der Waals surface area contributed by atoms with Crippen LogP contribution in [0.5, 0.6) is 0 Å². The average Bonchev–Trinajstić information content (AvgIpc) is 2.77. The minimum Gasteiger partial charge on any atom is -0.324 e. The minimum atomic E-state index is -3.69. The van der Waals surface area contributed by atoms with Crippen LogP contribution >= 0.6 is 0 Å². The topological polar surface area (TPSA) is 90.0 Å². The summed E-state index contributed by atoms with van der Waals surface area (Å²) < 4.78 is 39.5. The molecule has 0 aromatic heterocycles. The summed E-state index contributed by atoms with van der Waals surface area (Å²) in [6.45, 7) is 4.63. The molecule has 8 nitrogen and oxygen atoms in total. The van der Waals surface area contributed by atoms with Gasteiger partial charge in [0.25, 0.3) is 5.91 Å². The minimum absolute atomic E-state index is 0.0446. The Balaban J connectivity index is 1.62. The molecule has 3 amide bonds. The molecule has 0 bridgehead atoms. The number of hydrogen-bond donors (Lipinski definition) is 1. The number of benzene rings is 1. The lowest BCUT2D eigenvalue weighted by atomic mass is 10.1. The first kappa shape index (κ1) is 18.7. The lowest BCUT2D eigenvalue weighted by molar-refractivity contribution is -0.131. The smallest absolute Gasteiger partial charge is 0.324 e. The number of hydrogen-bond acceptors (Lipinski definition) is 5. The van der Waals surface area contributed by atoms with E-state index in [1.807, 2.05) is 4.90 Å². The molecule has 2 saturated heterocycles. The molecule has 1 N–H and O–H groups in total. The van der Waals surface area contributed by atoms with E-state index in [4.69, 9.17) is 0 Å². The van der Waals surface area contributed by atoms with Crippen molar-refractivity contribution in [1.29, 1.82) is 0 Å². The Kier molecular flexibility index (Phi) is 4.76. The average molecular weight is 384 g/mol. The van der Waals surface area contributed by atoms with Gasteiger partial charge in [-0.1, -0.05) is 0 Å². The maximum atomic E-state index is 13.0. The largest absolute Gasteiger partial charge is 0.326 e. The monoisotopic (exact) mass is 384 g/mol. The van der Waals surface area contributed by atoms with E-state index < -0.39 is 27.4 Å². The quantitative estimate of drug-likeness (QED) is 0.760. The van der Waals surface area contributed by atoms with Gasteiger partial charge in [-0.05, 0) is 38.1 Å². The Morgan fingerprint density at radius 1 is 1.08 bits per heavy atom. The molecule has 2 aliphatic heterocycles. The summed E-state index contributed by atoms with van der Waals surface area (Å²) in [5.41, 5.74) is -0.926. The molecular weight excluding hydrogens is 363 g/mol. The predicted octanol–water partition coefficient (Wildman–Crippen LogP) is 0.420. The number of piperazine rings is 1. The van der Waals surface area contributed by atoms with E-state index in [1.165, 1.54) is 16.4 Å². The van der Waals surface area contributed by atoms with Crippen LogP contribution in [0.3, 0.4) is 0 Å². The Bertz CT molecular complexity index is 817. The summed E-state index contributed by atoms with van der Waals surface area (Å²) in [4.78, 5) is 27.2. The van der Waals surface area contributed by atoms with Crippen LogP contribution in [0.4, 0.5) is 9.18 Å². The number of carbonyl (C=O) groups excluding carboxylic acids is 2. The maximum Gasteiger partial charge on any atom is 0.326 e. The number of nitrogens with zero attached hydrogens (tertiary/aromatic N) is 3. The summed E-state index contributed by atoms with van der Waals surface area (Å²) in [6.07, 6.45) is 0. The first-order chi connectivity index (χ1) is 12.1. The van der Waals surface area contributed by atoms with Crippen molar-refractivity contribution in [3.8, 4) is 0 Å². The molecule has 0 saturated carbocycles. The predicted molar refractivity (Wildman–Crippen MR) is 91.1 cm³/mol. The van der Waals surface area contributed by atoms with Crippen LogP contribution < -0.4 is 5.32 Å². The van der Waals surface area contributed by atoms with Gasteiger partial charge in [-0.3, -0.25) is 9.69 Å². The number of carbonyl (C=O) groups is 2. The fourth-order valence-electron chi connectivity index (χ4n) is 3.01. The molecule has 0 atom stereocenters. The highest BCUT2D eigenvalue weighted by Gasteiger charge is 2.45. The summed E-state index contributed by atoms with van der Waals surface area (Å²) in [7, 11) is -3.69. The molecule has 2 fully saturated rings. The highest BCUT2D eigenvalue weighted by atomic mass is 32.2. The van der Waals surface area contributed by atoms with Gasteiger partial charge in [0.1, 0.15) is 11.4 Å². The first-order valence-corrected chi connectivity index (χ1v) is 9.67. The summed E-state index contributed by atoms with van der Waals surface area (Å²) in [5, 5.41) is 2.62. The van der Waals surface area contributed by atoms with Crippen molar-refractivity contribution in [3.05, 3.63) is 30.1 Å². The molecule has 0 spiro atoms. The van der Waals surface area contributed by atoms with Crippen LogP contribution in [-0.4, -0.2) is 72.8 Å². The number of imide groups is 1. The Morgan fingerprint density at radius 2 is 1.65 bits per heavy atom. The second-order valence-electron chi connectivity index (χ2n) is 6.91. The van der Waals surface area contributed by atoms with Gasteiger partial charge in [0.15, 0.2) is 0 Å². The Labute approximate surface area is 151 Å². The third kappa shape index (κ3) is 3.44. The third-order valence-electron chi connectivity index (χ3n) is 4.57. The van der Waals surface area contributed by atoms with Gasteiger partial charge in [0.2, 0.25) is 10.0 Å². The molecule has 142 valence electrons. The Hall–Kier alpha value is -2.04. The van der Waals surface area contributed by atoms with E-state index in [1.54, 1.807) is 13.8 Å². The standard InChI is InChI=1S/C16H21FN4O4S/c1-16(2)14(22)21(15(23)18-16)11-19-7-9-20(10-8-19)26(24,25)13-5-3-12(17)4-6-13/h3-6H,7-11H2,1-2H3,(H,18,23). The van der Waals surface area contributed by atoms with E-state index in [0.29, 0.717) is 13.1 Å². The molecule has 1 aromatic carbocycles. The van der Waals surface area contributed by atoms with Crippen molar-refractivity contribution in [1.82, 2.24) is 19.4 Å². The molecule has 0 radical (unpaired) electrons. The van der Waals surface area contributed by atoms with Crippen LogP contribution in [0.2, 0.25) is 0 Å². The normalized spacial score (nSPS) is 21.9. The van der Waals surface area contributed by atoms with Crippen molar-refractivity contribution in [2.45, 2.75) is 24.3 Å². The zero-order valence-corrected chi connectivity index (χ0v) is 15.4. The SMILES string of the molecule is CC1(C)NC(=O)N(CN2CCN(S(=O)(=O)c3ccc(F)cc3)CC2)C1=O. The highest BCUT2D eigenvalue weighted by molar-refractivity contribution is 7.89. The molecule has 26 heavy (non-hydrogen) atoms. The molecule has 2 aliphatic rings. The van der Waals surface area contributed by atoms with E-state index in [-0.39, 0.29) is 30.6 Å². The summed E-state index contributed by atoms with van der Waals surface area (Å²) >= 11 is 0. The van der Waals surface area contributed by atoms with E-state index in [9.17, 15) is 22.4 Å². The molecular formula is C16H21FN4O4S. The third-order valence-corrected chi connectivity index (χ3v) is 6.48. The van der Waals surface area contributed by atoms with Gasteiger partial charge in [-0.2, -0.15) is 4.31 Å². The second kappa shape index (κ2) is 6.60. The fraction of sp³-hybridized carbons (Fsp3) is 0.500. The van der Waals surface area contributed by atoms with Gasteiger partial charge in [-0.25, -0.2) is 22.5 Å². The fourth-order valence-corrected chi connectivity index (χ4v) is 4.44. The molecule has 10 heteroatoms. The molecule has 0 aliphatic carbocycles. The Morgan fingerprint density at radius 3 is 2.15 bits per heavy atom. The van der Waals surface area contributed by atoms with E-state index in [2.05, 4.69) is 5.32 Å². The zero-order valence-electron chi connectivity index (χ0n) is 14.6. The van der Waals surface area contributed by atoms with Crippen molar-refractivity contribution < 1.29 is 22.4 Å². The van der Waals surface area contributed by atoms with Crippen LogP contribution in [0, 0.1) is 5.82 Å². The maximum absolute atomic E-state index is 13.0. The van der Waals surface area contributed by atoms with Crippen LogP contribution in [0.15, 0.2) is 29.2 Å². The van der Waals surface area contributed by atoms with Crippen LogP contribution in [-0.2, 0) is 14.8 Å². The van der Waals surface area contributed by atoms with Crippen LogP contribution in [0.25, 0.3) is 0 Å². The number of nitrogens with one attached hydrogen (secondary N) is 1. The summed E-state index contributed by atoms with van der Waals surface area (Å²) in [6, 6.07) is 4.27. The van der Waals surface area contributed by atoms with Crippen molar-refractivity contribution in [2.24, 2.45) is 0 Å². The first-order valence-electron chi connectivity index (χ1n) is 8.23. The number of rotatable bonds is 4. The van der Waals surface area contributed by atoms with E-state index in [0.717, 1.165) is 17.0 Å². The van der Waals surface area contributed by atoms with Gasteiger partial charge in [0, 0.05) is 26.2 Å². The van der Waals surface area contributed by atoms with Gasteiger partial charge in [0.05, 0.1) is 11.6 Å².